The van der Waals surface area contributed by atoms with Gasteiger partial charge < -0.3 is 0 Å². The Kier molecular flexibility index (Phi) is 5.12. The van der Waals surface area contributed by atoms with Gasteiger partial charge in [-0.3, -0.25) is 0 Å². The summed E-state index contributed by atoms with van der Waals surface area (Å²) < 4.78 is 27.1. The lowest BCUT2D eigenvalue weighted by molar-refractivity contribution is 0.441. The maximum absolute atomic E-state index is 12.6. The van der Waals surface area contributed by atoms with E-state index in [1.54, 1.807) is 12.1 Å². The van der Waals surface area contributed by atoms with Crippen molar-refractivity contribution in [2.24, 2.45) is 0 Å². The first-order valence-corrected chi connectivity index (χ1v) is 8.44. The van der Waals surface area contributed by atoms with Crippen molar-refractivity contribution >= 4 is 26.0 Å². The average molecular weight is 365 g/mol. The minimum absolute atomic E-state index is 0.169. The van der Waals surface area contributed by atoms with Gasteiger partial charge in [-0.05, 0) is 23.8 Å². The Hall–Kier alpha value is -1.68. The van der Waals surface area contributed by atoms with Gasteiger partial charge in [0.25, 0.3) is 0 Å². The zero-order chi connectivity index (χ0) is 15.3. The summed E-state index contributed by atoms with van der Waals surface area (Å²) in [4.78, 5) is 0.169. The highest BCUT2D eigenvalue weighted by Gasteiger charge is 2.24. The molecular formula is C15H13BrN2O2S. The minimum Gasteiger partial charge on any atom is -0.207 e. The summed E-state index contributed by atoms with van der Waals surface area (Å²) in [5, 5.41) is 8.91. The molecule has 0 spiro atoms. The molecule has 0 bridgehead atoms. The zero-order valence-electron chi connectivity index (χ0n) is 11.1. The zero-order valence-corrected chi connectivity index (χ0v) is 13.5. The first kappa shape index (κ1) is 15.7. The van der Waals surface area contributed by atoms with Crippen LogP contribution in [0.15, 0.2) is 64.0 Å². The van der Waals surface area contributed by atoms with E-state index in [1.165, 1.54) is 16.4 Å². The van der Waals surface area contributed by atoms with Crippen LogP contribution in [-0.2, 0) is 16.6 Å². The molecule has 2 rings (SSSR count). The Labute approximate surface area is 132 Å². The molecule has 0 atom stereocenters. The van der Waals surface area contributed by atoms with Crippen LogP contribution in [0.5, 0.6) is 0 Å². The Morgan fingerprint density at radius 3 is 2.43 bits per heavy atom. The van der Waals surface area contributed by atoms with Gasteiger partial charge in [-0.2, -0.15) is 9.57 Å². The first-order valence-electron chi connectivity index (χ1n) is 6.20. The lowest BCUT2D eigenvalue weighted by Gasteiger charge is -2.19. The number of sulfonamides is 1. The quantitative estimate of drug-likeness (QED) is 0.765. The summed E-state index contributed by atoms with van der Waals surface area (Å²) >= 11 is 3.26. The topological polar surface area (TPSA) is 61.2 Å². The lowest BCUT2D eigenvalue weighted by atomic mass is 10.2. The van der Waals surface area contributed by atoms with Gasteiger partial charge in [-0.1, -0.05) is 52.3 Å². The van der Waals surface area contributed by atoms with Crippen molar-refractivity contribution < 1.29 is 8.42 Å². The smallest absolute Gasteiger partial charge is 0.207 e. The number of nitriles is 1. The molecule has 0 amide bonds. The highest BCUT2D eigenvalue weighted by atomic mass is 79.9. The summed E-state index contributed by atoms with van der Waals surface area (Å²) in [6.07, 6.45) is 0. The van der Waals surface area contributed by atoms with Gasteiger partial charge >= 0.3 is 0 Å². The Morgan fingerprint density at radius 2 is 1.81 bits per heavy atom. The van der Waals surface area contributed by atoms with E-state index in [-0.39, 0.29) is 18.0 Å². The molecule has 108 valence electrons. The molecule has 0 aromatic heterocycles. The molecule has 0 radical (unpaired) electrons. The minimum atomic E-state index is -3.70. The molecule has 2 aromatic rings. The van der Waals surface area contributed by atoms with Gasteiger partial charge in [0.1, 0.15) is 6.54 Å². The van der Waals surface area contributed by atoms with Gasteiger partial charge in [0.15, 0.2) is 0 Å². The van der Waals surface area contributed by atoms with Crippen molar-refractivity contribution in [3.8, 4) is 6.07 Å². The average Bonchev–Trinajstić information content (AvgIpc) is 2.48. The van der Waals surface area contributed by atoms with Crippen LogP contribution in [0.4, 0.5) is 0 Å². The molecule has 21 heavy (non-hydrogen) atoms. The van der Waals surface area contributed by atoms with E-state index in [0.29, 0.717) is 4.47 Å². The molecule has 0 aliphatic rings. The van der Waals surface area contributed by atoms with Crippen molar-refractivity contribution in [3.63, 3.8) is 0 Å². The van der Waals surface area contributed by atoms with E-state index < -0.39 is 10.0 Å². The van der Waals surface area contributed by atoms with Gasteiger partial charge in [-0.25, -0.2) is 8.42 Å². The molecular weight excluding hydrogens is 352 g/mol. The Balaban J connectivity index is 2.35. The van der Waals surface area contributed by atoms with Gasteiger partial charge in [0.2, 0.25) is 10.0 Å². The Bertz CT molecular complexity index is 755. The largest absolute Gasteiger partial charge is 0.244 e. The summed E-state index contributed by atoms with van der Waals surface area (Å²) in [6.45, 7) is -0.0208. The predicted octanol–water partition coefficient (Wildman–Crippen LogP) is 3.16. The predicted molar refractivity (Wildman–Crippen MR) is 83.8 cm³/mol. The van der Waals surface area contributed by atoms with E-state index in [0.717, 1.165) is 5.56 Å². The summed E-state index contributed by atoms with van der Waals surface area (Å²) in [5.74, 6) is 0. The molecule has 0 heterocycles. The van der Waals surface area contributed by atoms with Crippen LogP contribution in [0.25, 0.3) is 0 Å². The summed E-state index contributed by atoms with van der Waals surface area (Å²) in [7, 11) is -3.70. The van der Waals surface area contributed by atoms with Gasteiger partial charge in [0, 0.05) is 11.0 Å². The van der Waals surface area contributed by atoms with E-state index in [1.807, 2.05) is 36.4 Å². The second kappa shape index (κ2) is 6.85. The van der Waals surface area contributed by atoms with Crippen LogP contribution in [-0.4, -0.2) is 19.3 Å². The molecule has 0 saturated heterocycles. The third-order valence-electron chi connectivity index (χ3n) is 2.88. The second-order valence-corrected chi connectivity index (χ2v) is 7.23. The number of hydrogen-bond donors (Lipinski definition) is 0. The number of nitrogens with zero attached hydrogens (tertiary/aromatic N) is 2. The molecule has 0 aliphatic heterocycles. The molecule has 0 N–H and O–H groups in total. The summed E-state index contributed by atoms with van der Waals surface area (Å²) in [5.41, 5.74) is 0.839. The molecule has 0 unspecified atom stereocenters. The number of benzene rings is 2. The maximum Gasteiger partial charge on any atom is 0.244 e. The lowest BCUT2D eigenvalue weighted by Crippen LogP contribution is -2.31. The van der Waals surface area contributed by atoms with Crippen molar-refractivity contribution in [1.29, 1.82) is 5.26 Å². The van der Waals surface area contributed by atoms with Crippen LogP contribution in [0.1, 0.15) is 5.56 Å². The number of halogens is 1. The molecule has 0 fully saturated rings. The number of rotatable bonds is 5. The fourth-order valence-electron chi connectivity index (χ4n) is 1.87. The van der Waals surface area contributed by atoms with Gasteiger partial charge in [0.05, 0.1) is 11.0 Å². The highest BCUT2D eigenvalue weighted by molar-refractivity contribution is 9.10. The van der Waals surface area contributed by atoms with Crippen molar-refractivity contribution in [2.45, 2.75) is 11.4 Å². The molecule has 4 nitrogen and oxygen atoms in total. The van der Waals surface area contributed by atoms with Crippen LogP contribution in [0.3, 0.4) is 0 Å². The summed E-state index contributed by atoms with van der Waals surface area (Å²) in [6, 6.07) is 17.6. The number of hydrogen-bond acceptors (Lipinski definition) is 3. The van der Waals surface area contributed by atoms with Crippen LogP contribution in [0, 0.1) is 11.3 Å². The van der Waals surface area contributed by atoms with Gasteiger partial charge in [-0.15, -0.1) is 0 Å². The van der Waals surface area contributed by atoms with Crippen LogP contribution < -0.4 is 0 Å². The highest BCUT2D eigenvalue weighted by Crippen LogP contribution is 2.21. The van der Waals surface area contributed by atoms with E-state index in [2.05, 4.69) is 15.9 Å². The van der Waals surface area contributed by atoms with Crippen LogP contribution in [0.2, 0.25) is 0 Å². The van der Waals surface area contributed by atoms with Crippen molar-refractivity contribution in [2.75, 3.05) is 6.54 Å². The fourth-order valence-corrected chi connectivity index (χ4v) is 3.79. The third-order valence-corrected chi connectivity index (χ3v) is 5.16. The fraction of sp³-hybridized carbons (Fsp3) is 0.133. The first-order chi connectivity index (χ1) is 10.0. The maximum atomic E-state index is 12.6. The molecule has 0 saturated carbocycles. The molecule has 0 aliphatic carbocycles. The van der Waals surface area contributed by atoms with E-state index in [9.17, 15) is 8.42 Å². The molecule has 2 aromatic carbocycles. The van der Waals surface area contributed by atoms with Crippen LogP contribution >= 0.6 is 15.9 Å². The van der Waals surface area contributed by atoms with Crippen molar-refractivity contribution in [1.82, 2.24) is 4.31 Å². The monoisotopic (exact) mass is 364 g/mol. The Morgan fingerprint density at radius 1 is 1.10 bits per heavy atom. The van der Waals surface area contributed by atoms with Crippen molar-refractivity contribution in [3.05, 3.63) is 64.6 Å². The molecule has 6 heteroatoms. The second-order valence-electron chi connectivity index (χ2n) is 4.37. The SMILES string of the molecule is N#CCN(Cc1ccccc1)S(=O)(=O)c1cccc(Br)c1. The van der Waals surface area contributed by atoms with E-state index in [4.69, 9.17) is 5.26 Å². The van der Waals surface area contributed by atoms with E-state index >= 15 is 0 Å². The third kappa shape index (κ3) is 3.91. The normalized spacial score (nSPS) is 11.3. The standard InChI is InChI=1S/C15H13BrN2O2S/c16-14-7-4-8-15(11-14)21(19,20)18(10-9-17)12-13-5-2-1-3-6-13/h1-8,11H,10,12H2.